The van der Waals surface area contributed by atoms with Crippen LogP contribution in [-0.4, -0.2) is 23.3 Å². The molecular weight excluding hydrogens is 406 g/mol. The van der Waals surface area contributed by atoms with E-state index in [1.165, 1.54) is 0 Å². The van der Waals surface area contributed by atoms with E-state index in [-0.39, 0.29) is 24.9 Å². The number of amides is 2. The average Bonchev–Trinajstić information content (AvgIpc) is 3.58. The second-order valence-corrected chi connectivity index (χ2v) is 7.55. The Hall–Kier alpha value is -4.13. The zero-order valence-corrected chi connectivity index (χ0v) is 17.3. The average molecular weight is 427 g/mol. The Morgan fingerprint density at radius 3 is 2.62 bits per heavy atom. The number of hydrogen-bond donors (Lipinski definition) is 2. The minimum Gasteiger partial charge on any atom is -0.467 e. The number of para-hydroxylation sites is 1. The molecule has 2 N–H and O–H groups in total. The van der Waals surface area contributed by atoms with Crippen LogP contribution in [0.2, 0.25) is 0 Å². The molecule has 0 saturated heterocycles. The molecule has 7 nitrogen and oxygen atoms in total. The van der Waals surface area contributed by atoms with Crippen LogP contribution in [0, 0.1) is 0 Å². The highest BCUT2D eigenvalue weighted by atomic mass is 16.3. The molecule has 0 fully saturated rings. The summed E-state index contributed by atoms with van der Waals surface area (Å²) < 4.78 is 10.7. The highest BCUT2D eigenvalue weighted by molar-refractivity contribution is 6.10. The fourth-order valence-electron chi connectivity index (χ4n) is 3.99. The third kappa shape index (κ3) is 3.92. The molecule has 7 heteroatoms. The molecule has 0 radical (unpaired) electrons. The van der Waals surface area contributed by atoms with Crippen molar-refractivity contribution in [3.8, 4) is 0 Å². The molecule has 0 saturated carbocycles. The summed E-state index contributed by atoms with van der Waals surface area (Å²) in [5.41, 5.74) is 4.06. The minimum atomic E-state index is -0.289. The van der Waals surface area contributed by atoms with Crippen LogP contribution >= 0.6 is 0 Å². The summed E-state index contributed by atoms with van der Waals surface area (Å²) >= 11 is 0. The van der Waals surface area contributed by atoms with Crippen LogP contribution < -0.4 is 10.6 Å². The normalized spacial score (nSPS) is 13.9. The van der Waals surface area contributed by atoms with E-state index in [0.29, 0.717) is 17.7 Å². The Morgan fingerprint density at radius 1 is 0.969 bits per heavy atom. The van der Waals surface area contributed by atoms with Crippen LogP contribution in [0.5, 0.6) is 0 Å². The molecule has 0 atom stereocenters. The Labute approximate surface area is 184 Å². The summed E-state index contributed by atoms with van der Waals surface area (Å²) in [5, 5.41) is 6.27. The number of fused-ring (bicyclic) bond motifs is 2. The second-order valence-electron chi connectivity index (χ2n) is 7.55. The number of nitrogens with zero attached hydrogens (tertiary/aromatic N) is 1. The lowest BCUT2D eigenvalue weighted by Crippen LogP contribution is -2.37. The number of nitrogens with one attached hydrogen (secondary N) is 2. The molecule has 4 aromatic rings. The number of rotatable bonds is 6. The van der Waals surface area contributed by atoms with E-state index >= 15 is 0 Å². The number of aromatic nitrogens is 1. The van der Waals surface area contributed by atoms with E-state index in [1.807, 2.05) is 42.5 Å². The van der Waals surface area contributed by atoms with E-state index in [2.05, 4.69) is 10.6 Å². The maximum atomic E-state index is 13.2. The number of carbonyl (C=O) groups is 2. The SMILES string of the molecule is O=C(CNC(=O)c1c2c(nc3ccccc13)C(=Cc1ccco1)CC2)NCc1ccco1. The van der Waals surface area contributed by atoms with Crippen molar-refractivity contribution in [2.45, 2.75) is 19.4 Å². The van der Waals surface area contributed by atoms with Crippen LogP contribution in [0.25, 0.3) is 22.6 Å². The smallest absolute Gasteiger partial charge is 0.252 e. The zero-order valence-electron chi connectivity index (χ0n) is 17.3. The van der Waals surface area contributed by atoms with Gasteiger partial charge in [0.2, 0.25) is 5.91 Å². The lowest BCUT2D eigenvalue weighted by Gasteiger charge is -2.13. The van der Waals surface area contributed by atoms with Crippen molar-refractivity contribution >= 4 is 34.4 Å². The standard InChI is InChI=1S/C25H21N3O4/c29-22(26-14-18-6-4-12-32-18)15-27-25(30)23-19-7-1-2-8-21(19)28-24-16(9-10-20(23)24)13-17-5-3-11-31-17/h1-8,11-13H,9-10,14-15H2,(H,26,29)(H,27,30). The monoisotopic (exact) mass is 427 g/mol. The lowest BCUT2D eigenvalue weighted by atomic mass is 10.00. The molecule has 160 valence electrons. The highest BCUT2D eigenvalue weighted by Gasteiger charge is 2.27. The molecule has 5 rings (SSSR count). The van der Waals surface area contributed by atoms with Gasteiger partial charge in [-0.3, -0.25) is 9.59 Å². The quantitative estimate of drug-likeness (QED) is 0.486. The Morgan fingerprint density at radius 2 is 1.81 bits per heavy atom. The number of furan rings is 2. The van der Waals surface area contributed by atoms with Gasteiger partial charge in [0.25, 0.3) is 5.91 Å². The van der Waals surface area contributed by atoms with E-state index in [0.717, 1.165) is 39.9 Å². The van der Waals surface area contributed by atoms with Crippen molar-refractivity contribution in [1.82, 2.24) is 15.6 Å². The number of carbonyl (C=O) groups excluding carboxylic acids is 2. The number of hydrogen-bond acceptors (Lipinski definition) is 5. The number of pyridine rings is 1. The van der Waals surface area contributed by atoms with E-state index in [9.17, 15) is 9.59 Å². The molecule has 32 heavy (non-hydrogen) atoms. The Kier molecular flexibility index (Phi) is 5.29. The first-order valence-corrected chi connectivity index (χ1v) is 10.4. The van der Waals surface area contributed by atoms with Crippen molar-refractivity contribution in [1.29, 1.82) is 0 Å². The van der Waals surface area contributed by atoms with Gasteiger partial charge in [-0.15, -0.1) is 0 Å². The fourth-order valence-corrected chi connectivity index (χ4v) is 3.99. The van der Waals surface area contributed by atoms with Gasteiger partial charge >= 0.3 is 0 Å². The molecule has 1 aliphatic carbocycles. The summed E-state index contributed by atoms with van der Waals surface area (Å²) in [6, 6.07) is 14.8. The van der Waals surface area contributed by atoms with Gasteiger partial charge in [0.15, 0.2) is 0 Å². The van der Waals surface area contributed by atoms with Crippen molar-refractivity contribution in [3.05, 3.63) is 89.4 Å². The molecule has 0 aliphatic heterocycles. The molecule has 2 amide bonds. The lowest BCUT2D eigenvalue weighted by molar-refractivity contribution is -0.120. The molecular formula is C25H21N3O4. The molecule has 3 aromatic heterocycles. The first kappa shape index (κ1) is 19.8. The van der Waals surface area contributed by atoms with Gasteiger partial charge in [-0.2, -0.15) is 0 Å². The maximum Gasteiger partial charge on any atom is 0.252 e. The van der Waals surface area contributed by atoms with Gasteiger partial charge in [-0.1, -0.05) is 18.2 Å². The van der Waals surface area contributed by atoms with Crippen molar-refractivity contribution < 1.29 is 18.4 Å². The van der Waals surface area contributed by atoms with Crippen molar-refractivity contribution in [2.75, 3.05) is 6.54 Å². The van der Waals surface area contributed by atoms with E-state index in [1.54, 1.807) is 24.7 Å². The molecule has 1 aromatic carbocycles. The number of allylic oxidation sites excluding steroid dienone is 1. The molecule has 3 heterocycles. The van der Waals surface area contributed by atoms with Gasteiger partial charge in [-0.05, 0) is 60.4 Å². The summed E-state index contributed by atoms with van der Waals surface area (Å²) in [5.74, 6) is 0.830. The van der Waals surface area contributed by atoms with Crippen LogP contribution in [0.15, 0.2) is 69.9 Å². The first-order valence-electron chi connectivity index (χ1n) is 10.4. The first-order chi connectivity index (χ1) is 15.7. The van der Waals surface area contributed by atoms with Crippen LogP contribution in [0.3, 0.4) is 0 Å². The summed E-state index contributed by atoms with van der Waals surface area (Å²) in [7, 11) is 0. The number of benzene rings is 1. The third-order valence-corrected chi connectivity index (χ3v) is 5.48. The van der Waals surface area contributed by atoms with Gasteiger partial charge < -0.3 is 19.5 Å². The second kappa shape index (κ2) is 8.55. The maximum absolute atomic E-state index is 13.2. The van der Waals surface area contributed by atoms with Gasteiger partial charge in [0.05, 0.1) is 42.4 Å². The minimum absolute atomic E-state index is 0.125. The van der Waals surface area contributed by atoms with Gasteiger partial charge in [0, 0.05) is 5.39 Å². The predicted octanol–water partition coefficient (Wildman–Crippen LogP) is 3.95. The van der Waals surface area contributed by atoms with Gasteiger partial charge in [-0.25, -0.2) is 4.98 Å². The molecule has 0 unspecified atom stereocenters. The summed E-state index contributed by atoms with van der Waals surface area (Å²) in [6.07, 6.45) is 6.62. The summed E-state index contributed by atoms with van der Waals surface area (Å²) in [6.45, 7) is 0.149. The van der Waals surface area contributed by atoms with Crippen molar-refractivity contribution in [2.24, 2.45) is 0 Å². The molecule has 0 spiro atoms. The van der Waals surface area contributed by atoms with Crippen molar-refractivity contribution in [3.63, 3.8) is 0 Å². The topological polar surface area (TPSA) is 97.4 Å². The molecule has 1 aliphatic rings. The Bertz CT molecular complexity index is 1300. The van der Waals surface area contributed by atoms with Crippen LogP contribution in [-0.2, 0) is 17.8 Å². The Balaban J connectivity index is 1.40. The van der Waals surface area contributed by atoms with E-state index in [4.69, 9.17) is 13.8 Å². The fraction of sp³-hybridized carbons (Fsp3) is 0.160. The highest BCUT2D eigenvalue weighted by Crippen LogP contribution is 2.37. The largest absolute Gasteiger partial charge is 0.467 e. The van der Waals surface area contributed by atoms with Crippen LogP contribution in [0.1, 0.15) is 39.6 Å². The van der Waals surface area contributed by atoms with Gasteiger partial charge in [0.1, 0.15) is 11.5 Å². The van der Waals surface area contributed by atoms with E-state index < -0.39 is 0 Å². The summed E-state index contributed by atoms with van der Waals surface area (Å²) in [4.78, 5) is 30.2. The zero-order chi connectivity index (χ0) is 21.9. The molecule has 0 bridgehead atoms. The predicted molar refractivity (Wildman–Crippen MR) is 120 cm³/mol. The van der Waals surface area contributed by atoms with Crippen LogP contribution in [0.4, 0.5) is 0 Å². The third-order valence-electron chi connectivity index (χ3n) is 5.48.